The summed E-state index contributed by atoms with van der Waals surface area (Å²) in [5, 5.41) is 14.3. The monoisotopic (exact) mass is 424 g/mol. The molecule has 0 spiro atoms. The van der Waals surface area contributed by atoms with E-state index in [0.29, 0.717) is 12.2 Å². The highest BCUT2D eigenvalue weighted by Gasteiger charge is 2.10. The summed E-state index contributed by atoms with van der Waals surface area (Å²) in [6.07, 6.45) is 1.84. The van der Waals surface area contributed by atoms with Gasteiger partial charge in [-0.25, -0.2) is 4.79 Å². The Morgan fingerprint density at radius 2 is 1.83 bits per heavy atom. The number of carbonyl (C=O) groups is 2. The van der Waals surface area contributed by atoms with Crippen molar-refractivity contribution in [3.05, 3.63) is 66.5 Å². The van der Waals surface area contributed by atoms with E-state index < -0.39 is 0 Å². The minimum atomic E-state index is -0.211. The van der Waals surface area contributed by atoms with Gasteiger partial charge in [0.15, 0.2) is 5.16 Å². The minimum absolute atomic E-state index is 0.158. The van der Waals surface area contributed by atoms with E-state index in [9.17, 15) is 9.59 Å². The summed E-state index contributed by atoms with van der Waals surface area (Å²) >= 11 is 1.49. The number of hydrogen-bond acceptors (Lipinski definition) is 5. The third kappa shape index (κ3) is 6.35. The average Bonchev–Trinajstić information content (AvgIpc) is 3.14. The molecule has 3 amide bonds. The molecular weight excluding hydrogens is 400 g/mol. The maximum Gasteiger partial charge on any atom is 0.317 e. The van der Waals surface area contributed by atoms with Crippen molar-refractivity contribution in [3.8, 4) is 0 Å². The van der Waals surface area contributed by atoms with Crippen LogP contribution >= 0.6 is 11.8 Å². The standard InChI is InChI=1S/C21H24N6O2S/c1-26(14-16-6-4-3-5-7-16)20(29)22-13-12-19(28)24-17-8-10-18(11-9-17)30-21-25-23-15-27(21)2/h3-11,15H,12-14H2,1-2H3,(H,22,29)(H,24,28). The number of benzene rings is 2. The number of aryl methyl sites for hydroxylation is 1. The number of rotatable bonds is 8. The Morgan fingerprint density at radius 1 is 1.10 bits per heavy atom. The number of aromatic nitrogens is 3. The predicted octanol–water partition coefficient (Wildman–Crippen LogP) is 3.14. The van der Waals surface area contributed by atoms with Crippen LogP contribution in [-0.2, 0) is 18.4 Å². The summed E-state index contributed by atoms with van der Waals surface area (Å²) in [7, 11) is 3.61. The molecule has 8 nitrogen and oxygen atoms in total. The van der Waals surface area contributed by atoms with Crippen molar-refractivity contribution in [2.75, 3.05) is 18.9 Å². The van der Waals surface area contributed by atoms with Gasteiger partial charge in [-0.05, 0) is 41.6 Å². The maximum atomic E-state index is 12.1. The highest BCUT2D eigenvalue weighted by molar-refractivity contribution is 7.99. The van der Waals surface area contributed by atoms with E-state index in [-0.39, 0.29) is 24.9 Å². The highest BCUT2D eigenvalue weighted by atomic mass is 32.2. The van der Waals surface area contributed by atoms with Crippen molar-refractivity contribution in [2.24, 2.45) is 7.05 Å². The zero-order valence-electron chi connectivity index (χ0n) is 16.9. The summed E-state index contributed by atoms with van der Waals surface area (Å²) in [6.45, 7) is 0.779. The zero-order valence-corrected chi connectivity index (χ0v) is 17.7. The van der Waals surface area contributed by atoms with Gasteiger partial charge in [0.05, 0.1) is 0 Å². The molecule has 0 unspecified atom stereocenters. The first-order chi connectivity index (χ1) is 14.5. The SMILES string of the molecule is CN(Cc1ccccc1)C(=O)NCCC(=O)Nc1ccc(Sc2nncn2C)cc1. The molecule has 0 saturated heterocycles. The van der Waals surface area contributed by atoms with Crippen LogP contribution in [0, 0.1) is 0 Å². The van der Waals surface area contributed by atoms with Crippen molar-refractivity contribution in [2.45, 2.75) is 23.0 Å². The molecule has 2 N–H and O–H groups in total. The van der Waals surface area contributed by atoms with E-state index in [1.807, 2.05) is 66.2 Å². The number of anilines is 1. The third-order valence-electron chi connectivity index (χ3n) is 4.25. The number of nitrogens with one attached hydrogen (secondary N) is 2. The van der Waals surface area contributed by atoms with Crippen LogP contribution in [0.3, 0.4) is 0 Å². The van der Waals surface area contributed by atoms with E-state index >= 15 is 0 Å². The lowest BCUT2D eigenvalue weighted by Gasteiger charge is -2.18. The lowest BCUT2D eigenvalue weighted by molar-refractivity contribution is -0.116. The van der Waals surface area contributed by atoms with E-state index in [0.717, 1.165) is 15.6 Å². The van der Waals surface area contributed by atoms with Crippen molar-refractivity contribution in [1.82, 2.24) is 25.0 Å². The van der Waals surface area contributed by atoms with Crippen molar-refractivity contribution in [3.63, 3.8) is 0 Å². The molecule has 3 aromatic rings. The average molecular weight is 425 g/mol. The molecule has 1 aromatic heterocycles. The largest absolute Gasteiger partial charge is 0.337 e. The van der Waals surface area contributed by atoms with E-state index in [2.05, 4.69) is 20.8 Å². The second-order valence-electron chi connectivity index (χ2n) is 6.72. The molecule has 0 radical (unpaired) electrons. The first-order valence-electron chi connectivity index (χ1n) is 9.46. The van der Waals surface area contributed by atoms with Crippen LogP contribution in [0.2, 0.25) is 0 Å². The third-order valence-corrected chi connectivity index (χ3v) is 5.31. The van der Waals surface area contributed by atoms with Crippen molar-refractivity contribution < 1.29 is 9.59 Å². The van der Waals surface area contributed by atoms with Gasteiger partial charge in [0.1, 0.15) is 6.33 Å². The Hall–Kier alpha value is -3.33. The van der Waals surface area contributed by atoms with Gasteiger partial charge in [-0.3, -0.25) is 4.79 Å². The molecule has 0 bridgehead atoms. The minimum Gasteiger partial charge on any atom is -0.337 e. The van der Waals surface area contributed by atoms with Gasteiger partial charge in [-0.1, -0.05) is 30.3 Å². The second kappa shape index (κ2) is 10.4. The van der Waals surface area contributed by atoms with Gasteiger partial charge in [0.25, 0.3) is 0 Å². The van der Waals surface area contributed by atoms with Gasteiger partial charge in [0.2, 0.25) is 5.91 Å². The van der Waals surface area contributed by atoms with Gasteiger partial charge < -0.3 is 20.1 Å². The molecule has 0 aliphatic heterocycles. The number of hydrogen-bond donors (Lipinski definition) is 2. The molecule has 1 heterocycles. The lowest BCUT2D eigenvalue weighted by atomic mass is 10.2. The van der Waals surface area contributed by atoms with E-state index in [4.69, 9.17) is 0 Å². The summed E-state index contributed by atoms with van der Waals surface area (Å²) in [5.41, 5.74) is 1.75. The predicted molar refractivity (Wildman–Crippen MR) is 116 cm³/mol. The van der Waals surface area contributed by atoms with Crippen LogP contribution < -0.4 is 10.6 Å². The summed E-state index contributed by atoms with van der Waals surface area (Å²) in [4.78, 5) is 26.9. The summed E-state index contributed by atoms with van der Waals surface area (Å²) in [6, 6.07) is 17.0. The van der Waals surface area contributed by atoms with Gasteiger partial charge in [-0.15, -0.1) is 10.2 Å². The summed E-state index contributed by atoms with van der Waals surface area (Å²) in [5.74, 6) is -0.158. The van der Waals surface area contributed by atoms with Crippen molar-refractivity contribution >= 4 is 29.4 Å². The second-order valence-corrected chi connectivity index (χ2v) is 7.76. The fraction of sp³-hybridized carbons (Fsp3) is 0.238. The van der Waals surface area contributed by atoms with Crippen LogP contribution in [0.25, 0.3) is 0 Å². The maximum absolute atomic E-state index is 12.1. The van der Waals surface area contributed by atoms with Crippen LogP contribution in [0.5, 0.6) is 0 Å². The van der Waals surface area contributed by atoms with Crippen molar-refractivity contribution in [1.29, 1.82) is 0 Å². The van der Waals surface area contributed by atoms with Gasteiger partial charge >= 0.3 is 6.03 Å². The van der Waals surface area contributed by atoms with Gasteiger partial charge in [-0.2, -0.15) is 0 Å². The van der Waals surface area contributed by atoms with Gasteiger partial charge in [0, 0.05) is 44.2 Å². The molecule has 3 rings (SSSR count). The number of nitrogens with zero attached hydrogens (tertiary/aromatic N) is 4. The lowest BCUT2D eigenvalue weighted by Crippen LogP contribution is -2.38. The van der Waals surface area contributed by atoms with Crippen LogP contribution in [0.1, 0.15) is 12.0 Å². The fourth-order valence-electron chi connectivity index (χ4n) is 2.65. The Bertz CT molecular complexity index is 975. The molecule has 0 saturated carbocycles. The quantitative estimate of drug-likeness (QED) is 0.580. The van der Waals surface area contributed by atoms with Crippen LogP contribution in [0.4, 0.5) is 10.5 Å². The molecule has 0 aliphatic carbocycles. The number of amides is 3. The normalized spacial score (nSPS) is 10.5. The molecule has 9 heteroatoms. The Labute approximate surface area is 179 Å². The number of urea groups is 1. The number of carbonyl (C=O) groups excluding carboxylic acids is 2. The Morgan fingerprint density at radius 3 is 2.50 bits per heavy atom. The fourth-order valence-corrected chi connectivity index (χ4v) is 3.41. The van der Waals surface area contributed by atoms with Crippen LogP contribution in [-0.4, -0.2) is 45.2 Å². The first-order valence-corrected chi connectivity index (χ1v) is 10.3. The Balaban J connectivity index is 1.39. The molecule has 0 fully saturated rings. The summed E-state index contributed by atoms with van der Waals surface area (Å²) < 4.78 is 1.84. The molecule has 156 valence electrons. The zero-order chi connectivity index (χ0) is 21.3. The molecule has 0 atom stereocenters. The molecular formula is C21H24N6O2S. The topological polar surface area (TPSA) is 92.2 Å². The van der Waals surface area contributed by atoms with E-state index in [1.165, 1.54) is 11.8 Å². The first kappa shape index (κ1) is 21.4. The molecule has 30 heavy (non-hydrogen) atoms. The molecule has 2 aromatic carbocycles. The highest BCUT2D eigenvalue weighted by Crippen LogP contribution is 2.26. The van der Waals surface area contributed by atoms with E-state index in [1.54, 1.807) is 18.3 Å². The smallest absolute Gasteiger partial charge is 0.317 e. The molecule has 0 aliphatic rings. The Kier molecular flexibility index (Phi) is 7.45. The van der Waals surface area contributed by atoms with Crippen LogP contribution in [0.15, 0.2) is 71.0 Å².